The number of carbonyl (C=O) groups is 1. The highest BCUT2D eigenvalue weighted by molar-refractivity contribution is 14.1. The lowest BCUT2D eigenvalue weighted by Crippen LogP contribution is -2.50. The first-order chi connectivity index (χ1) is 15.5. The minimum atomic E-state index is -1.04. The van der Waals surface area contributed by atoms with Crippen LogP contribution in [0.3, 0.4) is 0 Å². The normalized spacial score (nSPS) is 17.5. The third kappa shape index (κ3) is 7.79. The van der Waals surface area contributed by atoms with Gasteiger partial charge in [0.05, 0.1) is 18.8 Å². The van der Waals surface area contributed by atoms with E-state index in [0.29, 0.717) is 12.2 Å². The molecule has 3 N–H and O–H groups in total. The number of amides is 1. The Morgan fingerprint density at radius 2 is 1.94 bits per heavy atom. The number of carbonyl (C=O) groups excluding carboxylic acids is 1. The number of ether oxygens (including phenoxy) is 2. The van der Waals surface area contributed by atoms with Gasteiger partial charge in [0.2, 0.25) is 0 Å². The number of rotatable bonds is 7. The van der Waals surface area contributed by atoms with Gasteiger partial charge in [0, 0.05) is 34.2 Å². The second kappa shape index (κ2) is 11.0. The summed E-state index contributed by atoms with van der Waals surface area (Å²) in [5, 5.41) is 16.9. The van der Waals surface area contributed by atoms with E-state index in [0.717, 1.165) is 27.4 Å². The van der Waals surface area contributed by atoms with Crippen LogP contribution in [0.1, 0.15) is 44.4 Å². The van der Waals surface area contributed by atoms with Gasteiger partial charge in [-0.15, -0.1) is 0 Å². The quantitative estimate of drug-likeness (QED) is 0.426. The van der Waals surface area contributed by atoms with Crippen molar-refractivity contribution in [3.63, 3.8) is 0 Å². The molecule has 0 spiro atoms. The van der Waals surface area contributed by atoms with Gasteiger partial charge in [-0.05, 0) is 85.7 Å². The predicted molar refractivity (Wildman–Crippen MR) is 129 cm³/mol. The van der Waals surface area contributed by atoms with Crippen LogP contribution in [0.2, 0.25) is 0 Å². The molecule has 3 rings (SSSR count). The maximum Gasteiger partial charge on any atom is 0.407 e. The molecule has 0 aliphatic carbocycles. The average molecular weight is 574 g/mol. The molecule has 1 aliphatic rings. The molecule has 180 valence electrons. The first kappa shape index (κ1) is 25.6. The zero-order valence-corrected chi connectivity index (χ0v) is 21.0. The third-order valence-corrected chi connectivity index (χ3v) is 5.80. The van der Waals surface area contributed by atoms with Crippen molar-refractivity contribution in [2.24, 2.45) is 0 Å². The van der Waals surface area contributed by atoms with Gasteiger partial charge in [-0.25, -0.2) is 13.6 Å². The van der Waals surface area contributed by atoms with E-state index in [1.165, 1.54) is 12.1 Å². The van der Waals surface area contributed by atoms with Crippen molar-refractivity contribution < 1.29 is 28.2 Å². The summed E-state index contributed by atoms with van der Waals surface area (Å²) in [6.07, 6.45) is -1.01. The van der Waals surface area contributed by atoms with E-state index in [9.17, 15) is 18.7 Å². The highest BCUT2D eigenvalue weighted by Crippen LogP contribution is 2.33. The van der Waals surface area contributed by atoms with Gasteiger partial charge in [-0.1, -0.05) is 0 Å². The van der Waals surface area contributed by atoms with Gasteiger partial charge in [0.1, 0.15) is 23.0 Å². The Hall–Kier alpha value is -1.98. The molecule has 33 heavy (non-hydrogen) atoms. The minimum Gasteiger partial charge on any atom is -0.493 e. The van der Waals surface area contributed by atoms with Gasteiger partial charge in [0.25, 0.3) is 0 Å². The fourth-order valence-electron chi connectivity index (χ4n) is 3.71. The Labute approximate surface area is 206 Å². The minimum absolute atomic E-state index is 0.0268. The van der Waals surface area contributed by atoms with Crippen LogP contribution in [0.25, 0.3) is 0 Å². The molecule has 0 radical (unpaired) electrons. The lowest BCUT2D eigenvalue weighted by atomic mass is 9.98. The monoisotopic (exact) mass is 574 g/mol. The summed E-state index contributed by atoms with van der Waals surface area (Å²) >= 11 is 2.23. The topological polar surface area (TPSA) is 79.8 Å². The number of hydrogen-bond acceptors (Lipinski definition) is 5. The first-order valence-corrected chi connectivity index (χ1v) is 11.9. The standard InChI is InChI=1S/C24H29F2IN2O4/c1-24(2,3)33-23(31)29-20(10-14-8-15(25)11-16(26)9-14)21(30)13-28-19-6-7-32-22-5-4-17(27)12-18(19)22/h4-5,8-9,11-12,19-21,28,30H,6-7,10,13H2,1-3H3,(H,29,31)/t19-,20-,21+/m0/s1. The Morgan fingerprint density at radius 3 is 2.61 bits per heavy atom. The molecular weight excluding hydrogens is 545 g/mol. The maximum atomic E-state index is 13.7. The SMILES string of the molecule is CC(C)(C)OC(=O)N[C@@H](Cc1cc(F)cc(F)c1)[C@H](O)CN[C@H]1CCOc2ccc(I)cc21. The van der Waals surface area contributed by atoms with Crippen LogP contribution in [-0.4, -0.2) is 42.1 Å². The second-order valence-corrected chi connectivity index (χ2v) is 10.3. The van der Waals surface area contributed by atoms with Crippen LogP contribution in [-0.2, 0) is 11.2 Å². The molecule has 2 aromatic carbocycles. The fraction of sp³-hybridized carbons (Fsp3) is 0.458. The Morgan fingerprint density at radius 1 is 1.24 bits per heavy atom. The van der Waals surface area contributed by atoms with Crippen molar-refractivity contribution in [2.45, 2.75) is 57.4 Å². The van der Waals surface area contributed by atoms with Gasteiger partial charge in [-0.3, -0.25) is 0 Å². The lowest BCUT2D eigenvalue weighted by molar-refractivity contribution is 0.0418. The van der Waals surface area contributed by atoms with Gasteiger partial charge in [0.15, 0.2) is 0 Å². The van der Waals surface area contributed by atoms with E-state index in [1.54, 1.807) is 20.8 Å². The molecule has 0 aromatic heterocycles. The summed E-state index contributed by atoms with van der Waals surface area (Å²) in [5.41, 5.74) is 0.592. The maximum absolute atomic E-state index is 13.7. The number of fused-ring (bicyclic) bond motifs is 1. The first-order valence-electron chi connectivity index (χ1n) is 10.8. The number of benzene rings is 2. The highest BCUT2D eigenvalue weighted by Gasteiger charge is 2.28. The summed E-state index contributed by atoms with van der Waals surface area (Å²) < 4.78 is 39.5. The summed E-state index contributed by atoms with van der Waals surface area (Å²) in [6.45, 7) is 5.87. The van der Waals surface area contributed by atoms with Crippen LogP contribution < -0.4 is 15.4 Å². The van der Waals surface area contributed by atoms with Crippen LogP contribution in [0, 0.1) is 15.2 Å². The van der Waals surface area contributed by atoms with E-state index in [4.69, 9.17) is 9.47 Å². The van der Waals surface area contributed by atoms with Crippen molar-refractivity contribution in [2.75, 3.05) is 13.2 Å². The van der Waals surface area contributed by atoms with E-state index in [1.807, 2.05) is 18.2 Å². The summed E-state index contributed by atoms with van der Waals surface area (Å²) in [4.78, 5) is 12.4. The Kier molecular flexibility index (Phi) is 8.52. The van der Waals surface area contributed by atoms with Crippen molar-refractivity contribution in [1.82, 2.24) is 10.6 Å². The largest absolute Gasteiger partial charge is 0.493 e. The van der Waals surface area contributed by atoms with Crippen molar-refractivity contribution >= 4 is 28.7 Å². The molecule has 9 heteroatoms. The number of alkyl carbamates (subject to hydrolysis) is 1. The van der Waals surface area contributed by atoms with Crippen molar-refractivity contribution in [3.05, 3.63) is 62.7 Å². The summed E-state index contributed by atoms with van der Waals surface area (Å²) in [5.74, 6) is -0.642. The average Bonchev–Trinajstić information content (AvgIpc) is 2.69. The predicted octanol–water partition coefficient (Wildman–Crippen LogP) is 4.48. The molecule has 0 saturated heterocycles. The second-order valence-electron chi connectivity index (χ2n) is 9.08. The van der Waals surface area contributed by atoms with Crippen LogP contribution >= 0.6 is 22.6 Å². The van der Waals surface area contributed by atoms with Crippen molar-refractivity contribution in [1.29, 1.82) is 0 Å². The van der Waals surface area contributed by atoms with E-state index in [2.05, 4.69) is 33.2 Å². The van der Waals surface area contributed by atoms with Gasteiger partial charge >= 0.3 is 6.09 Å². The van der Waals surface area contributed by atoms with Gasteiger partial charge < -0.3 is 25.2 Å². The Bertz CT molecular complexity index is 963. The zero-order valence-electron chi connectivity index (χ0n) is 18.8. The lowest BCUT2D eigenvalue weighted by Gasteiger charge is -2.30. The van der Waals surface area contributed by atoms with Crippen LogP contribution in [0.15, 0.2) is 36.4 Å². The number of aliphatic hydroxyl groups excluding tert-OH is 1. The zero-order chi connectivity index (χ0) is 24.2. The molecule has 1 aliphatic heterocycles. The number of hydrogen-bond donors (Lipinski definition) is 3. The smallest absolute Gasteiger partial charge is 0.407 e. The van der Waals surface area contributed by atoms with E-state index < -0.39 is 35.5 Å². The number of halogens is 3. The van der Waals surface area contributed by atoms with Gasteiger partial charge in [-0.2, -0.15) is 0 Å². The highest BCUT2D eigenvalue weighted by atomic mass is 127. The molecule has 0 unspecified atom stereocenters. The van der Waals surface area contributed by atoms with E-state index >= 15 is 0 Å². The molecule has 1 amide bonds. The molecule has 0 bridgehead atoms. The van der Waals surface area contributed by atoms with Crippen molar-refractivity contribution in [3.8, 4) is 5.75 Å². The molecule has 1 heterocycles. The number of nitrogens with one attached hydrogen (secondary N) is 2. The summed E-state index contributed by atoms with van der Waals surface area (Å²) in [6, 6.07) is 8.21. The van der Waals surface area contributed by atoms with Crippen LogP contribution in [0.4, 0.5) is 13.6 Å². The van der Waals surface area contributed by atoms with E-state index in [-0.39, 0.29) is 19.0 Å². The molecule has 0 fully saturated rings. The molecular formula is C24H29F2IN2O4. The molecule has 0 saturated carbocycles. The summed E-state index contributed by atoms with van der Waals surface area (Å²) in [7, 11) is 0. The molecule has 3 atom stereocenters. The molecule has 6 nitrogen and oxygen atoms in total. The fourth-order valence-corrected chi connectivity index (χ4v) is 4.22. The molecule has 2 aromatic rings. The third-order valence-electron chi connectivity index (χ3n) is 5.13. The number of aliphatic hydroxyl groups is 1. The van der Waals surface area contributed by atoms with Crippen LogP contribution in [0.5, 0.6) is 5.75 Å². The Balaban J connectivity index is 1.72.